The third-order valence-corrected chi connectivity index (χ3v) is 4.79. The highest BCUT2D eigenvalue weighted by Crippen LogP contribution is 2.14. The molecule has 0 aliphatic heterocycles. The maximum Gasteiger partial charge on any atom is 0.245 e. The number of aromatic nitrogens is 2. The van der Waals surface area contributed by atoms with Gasteiger partial charge in [-0.2, -0.15) is 5.10 Å². The molecule has 1 N–H and O–H groups in total. The van der Waals surface area contributed by atoms with Crippen molar-refractivity contribution in [1.82, 2.24) is 19.4 Å². The van der Waals surface area contributed by atoms with Crippen LogP contribution in [0.3, 0.4) is 0 Å². The van der Waals surface area contributed by atoms with Crippen molar-refractivity contribution in [3.05, 3.63) is 12.4 Å². The Morgan fingerprint density at radius 1 is 1.42 bits per heavy atom. The van der Waals surface area contributed by atoms with E-state index in [2.05, 4.69) is 17.3 Å². The highest BCUT2D eigenvalue weighted by Gasteiger charge is 2.21. The number of nitrogens with zero attached hydrogens (tertiary/aromatic N) is 3. The third-order valence-electron chi connectivity index (χ3n) is 2.99. The van der Waals surface area contributed by atoms with Crippen molar-refractivity contribution in [2.45, 2.75) is 37.6 Å². The number of hydrogen-bond donors (Lipinski definition) is 1. The lowest BCUT2D eigenvalue weighted by atomic mass is 10.2. The van der Waals surface area contributed by atoms with Gasteiger partial charge in [-0.3, -0.25) is 4.68 Å². The molecule has 1 aromatic rings. The molecule has 0 aliphatic carbocycles. The van der Waals surface area contributed by atoms with Gasteiger partial charge in [0.05, 0.1) is 12.7 Å². The van der Waals surface area contributed by atoms with Crippen LogP contribution in [0.1, 0.15) is 26.2 Å². The quantitative estimate of drug-likeness (QED) is 0.686. The highest BCUT2D eigenvalue weighted by molar-refractivity contribution is 7.89. The van der Waals surface area contributed by atoms with Crippen molar-refractivity contribution in [3.63, 3.8) is 0 Å². The summed E-state index contributed by atoms with van der Waals surface area (Å²) in [7, 11) is 0.0768. The third kappa shape index (κ3) is 4.59. The first kappa shape index (κ1) is 16.1. The molecule has 6 nitrogen and oxygen atoms in total. The van der Waals surface area contributed by atoms with Crippen LogP contribution in [0.15, 0.2) is 17.3 Å². The fraction of sp³-hybridized carbons (Fsp3) is 0.750. The number of sulfonamides is 1. The fourth-order valence-corrected chi connectivity index (χ4v) is 2.88. The second-order valence-corrected chi connectivity index (χ2v) is 6.62. The van der Waals surface area contributed by atoms with Gasteiger partial charge < -0.3 is 5.32 Å². The summed E-state index contributed by atoms with van der Waals surface area (Å²) >= 11 is 0. The van der Waals surface area contributed by atoms with E-state index in [1.807, 2.05) is 7.05 Å². The molecule has 0 aliphatic rings. The van der Waals surface area contributed by atoms with E-state index in [1.54, 1.807) is 17.9 Å². The molecule has 0 aromatic carbocycles. The average molecular weight is 288 g/mol. The number of likely N-dealkylation sites (N-methyl/N-ethyl adjacent to an activating group) is 1. The van der Waals surface area contributed by atoms with Gasteiger partial charge >= 0.3 is 0 Å². The van der Waals surface area contributed by atoms with E-state index in [4.69, 9.17) is 0 Å². The Morgan fingerprint density at radius 2 is 2.16 bits per heavy atom. The van der Waals surface area contributed by atoms with Gasteiger partial charge in [-0.1, -0.05) is 19.8 Å². The number of rotatable bonds is 9. The minimum atomic E-state index is -3.39. The molecule has 1 heterocycles. The van der Waals surface area contributed by atoms with E-state index in [0.717, 1.165) is 25.8 Å². The Balaban J connectivity index is 2.68. The van der Waals surface area contributed by atoms with Crippen LogP contribution in [-0.4, -0.2) is 49.7 Å². The SMILES string of the molecule is CCCCCN(C)S(=O)(=O)c1cnn(CCNC)c1. The van der Waals surface area contributed by atoms with Crippen molar-refractivity contribution in [1.29, 1.82) is 0 Å². The first-order valence-electron chi connectivity index (χ1n) is 6.65. The molecule has 0 radical (unpaired) electrons. The van der Waals surface area contributed by atoms with Crippen molar-refractivity contribution in [2.24, 2.45) is 0 Å². The first-order chi connectivity index (χ1) is 9.02. The Labute approximate surface area is 115 Å². The highest BCUT2D eigenvalue weighted by atomic mass is 32.2. The zero-order chi connectivity index (χ0) is 14.3. The van der Waals surface area contributed by atoms with Crippen LogP contribution in [0.4, 0.5) is 0 Å². The summed E-state index contributed by atoms with van der Waals surface area (Å²) in [5.41, 5.74) is 0. The normalized spacial score (nSPS) is 12.2. The Kier molecular flexibility index (Phi) is 6.47. The molecule has 110 valence electrons. The summed E-state index contributed by atoms with van der Waals surface area (Å²) in [5.74, 6) is 0. The van der Waals surface area contributed by atoms with Crippen molar-refractivity contribution < 1.29 is 8.42 Å². The lowest BCUT2D eigenvalue weighted by Gasteiger charge is -2.15. The predicted octanol–water partition coefficient (Wildman–Crippen LogP) is 0.913. The van der Waals surface area contributed by atoms with Crippen molar-refractivity contribution >= 4 is 10.0 Å². The van der Waals surface area contributed by atoms with Gasteiger partial charge in [0.25, 0.3) is 0 Å². The Bertz CT molecular complexity index is 470. The minimum Gasteiger partial charge on any atom is -0.318 e. The van der Waals surface area contributed by atoms with E-state index in [1.165, 1.54) is 10.5 Å². The second kappa shape index (κ2) is 7.62. The molecule has 0 spiro atoms. The smallest absolute Gasteiger partial charge is 0.245 e. The van der Waals surface area contributed by atoms with E-state index in [-0.39, 0.29) is 4.90 Å². The van der Waals surface area contributed by atoms with E-state index in [0.29, 0.717) is 13.1 Å². The fourth-order valence-electron chi connectivity index (χ4n) is 1.71. The van der Waals surface area contributed by atoms with Crippen molar-refractivity contribution in [3.8, 4) is 0 Å². The topological polar surface area (TPSA) is 67.2 Å². The van der Waals surface area contributed by atoms with Crippen LogP contribution in [0.2, 0.25) is 0 Å². The van der Waals surface area contributed by atoms with Crippen molar-refractivity contribution in [2.75, 3.05) is 27.2 Å². The number of hydrogen-bond acceptors (Lipinski definition) is 4. The monoisotopic (exact) mass is 288 g/mol. The van der Waals surface area contributed by atoms with Gasteiger partial charge in [-0.15, -0.1) is 0 Å². The first-order valence-corrected chi connectivity index (χ1v) is 8.09. The van der Waals surface area contributed by atoms with Gasteiger partial charge in [-0.05, 0) is 13.5 Å². The van der Waals surface area contributed by atoms with Gasteiger partial charge in [0, 0.05) is 26.3 Å². The molecule has 0 amide bonds. The summed E-state index contributed by atoms with van der Waals surface area (Å²) in [4.78, 5) is 0.266. The van der Waals surface area contributed by atoms with Gasteiger partial charge in [0.15, 0.2) is 0 Å². The lowest BCUT2D eigenvalue weighted by molar-refractivity contribution is 0.454. The van der Waals surface area contributed by atoms with Crippen LogP contribution in [0, 0.1) is 0 Å². The molecule has 0 saturated heterocycles. The molecule has 0 unspecified atom stereocenters. The van der Waals surface area contributed by atoms with Gasteiger partial charge in [0.1, 0.15) is 4.90 Å². The zero-order valence-corrected chi connectivity index (χ0v) is 12.8. The molecule has 19 heavy (non-hydrogen) atoms. The van der Waals surface area contributed by atoms with E-state index >= 15 is 0 Å². The molecule has 0 fully saturated rings. The summed E-state index contributed by atoms with van der Waals surface area (Å²) < 4.78 is 27.6. The molecular formula is C12H24N4O2S. The van der Waals surface area contributed by atoms with Crippen LogP contribution in [0.25, 0.3) is 0 Å². The molecule has 1 rings (SSSR count). The van der Waals surface area contributed by atoms with E-state index in [9.17, 15) is 8.42 Å². The summed E-state index contributed by atoms with van der Waals surface area (Å²) in [5, 5.41) is 7.07. The Hall–Kier alpha value is -0.920. The maximum absolute atomic E-state index is 12.3. The molecule has 1 aromatic heterocycles. The molecule has 7 heteroatoms. The zero-order valence-electron chi connectivity index (χ0n) is 12.0. The molecule has 0 saturated carbocycles. The lowest BCUT2D eigenvalue weighted by Crippen LogP contribution is -2.27. The summed E-state index contributed by atoms with van der Waals surface area (Å²) in [6, 6.07) is 0. The molecule has 0 atom stereocenters. The van der Waals surface area contributed by atoms with Crippen LogP contribution in [-0.2, 0) is 16.6 Å². The minimum absolute atomic E-state index is 0.266. The summed E-state index contributed by atoms with van der Waals surface area (Å²) in [6.45, 7) is 4.07. The van der Waals surface area contributed by atoms with E-state index < -0.39 is 10.0 Å². The largest absolute Gasteiger partial charge is 0.318 e. The van der Waals surface area contributed by atoms with Gasteiger partial charge in [0.2, 0.25) is 10.0 Å². The van der Waals surface area contributed by atoms with Gasteiger partial charge in [-0.25, -0.2) is 12.7 Å². The molecular weight excluding hydrogens is 264 g/mol. The number of nitrogens with one attached hydrogen (secondary N) is 1. The second-order valence-electron chi connectivity index (χ2n) is 4.58. The maximum atomic E-state index is 12.3. The standard InChI is InChI=1S/C12H24N4O2S/c1-4-5-6-8-15(3)19(17,18)12-10-14-16(11-12)9-7-13-2/h10-11,13H,4-9H2,1-3H3. The van der Waals surface area contributed by atoms with Crippen LogP contribution >= 0.6 is 0 Å². The molecule has 0 bridgehead atoms. The average Bonchev–Trinajstić information content (AvgIpc) is 2.85. The Morgan fingerprint density at radius 3 is 2.79 bits per heavy atom. The number of unbranched alkanes of at least 4 members (excludes halogenated alkanes) is 2. The summed E-state index contributed by atoms with van der Waals surface area (Å²) in [6.07, 6.45) is 6.02. The predicted molar refractivity (Wildman–Crippen MR) is 75.5 cm³/mol. The van der Waals surface area contributed by atoms with Crippen LogP contribution < -0.4 is 5.32 Å². The van der Waals surface area contributed by atoms with Crippen LogP contribution in [0.5, 0.6) is 0 Å².